The molecule has 0 unspecified atom stereocenters. The van der Waals surface area contributed by atoms with Crippen molar-refractivity contribution in [3.8, 4) is 0 Å². The average molecular weight is 485 g/mol. The second-order valence-corrected chi connectivity index (χ2v) is 10.2. The lowest BCUT2D eigenvalue weighted by molar-refractivity contribution is 0.252. The summed E-state index contributed by atoms with van der Waals surface area (Å²) in [6.07, 6.45) is 6.37. The molecule has 7 nitrogen and oxygen atoms in total. The molecular weight excluding hydrogens is 456 g/mol. The molecule has 0 spiro atoms. The van der Waals surface area contributed by atoms with E-state index in [9.17, 15) is 4.79 Å². The summed E-state index contributed by atoms with van der Waals surface area (Å²) in [6.45, 7) is 5.11. The van der Waals surface area contributed by atoms with Gasteiger partial charge in [-0.15, -0.1) is 11.3 Å². The lowest BCUT2D eigenvalue weighted by Crippen LogP contribution is -2.46. The minimum atomic E-state index is -0.0652. The standard InChI is InChI=1S/C27H28N6OS/c28-25-21(31-27-24(26(25)34)19-10-11-29-17-22(19)35-27)7-3-4-12-32-13-15-33(16-14-32)23-9-8-18-5-1-2-6-20(18)30-23/h1-2,5-6,8-11,17H,3-4,7,12-16,28H2,(H,31,34). The number of benzene rings is 1. The van der Waals surface area contributed by atoms with Crippen LogP contribution in [0, 0.1) is 0 Å². The second-order valence-electron chi connectivity index (χ2n) is 9.17. The van der Waals surface area contributed by atoms with Crippen molar-refractivity contribution in [2.24, 2.45) is 0 Å². The number of pyridine rings is 3. The van der Waals surface area contributed by atoms with Gasteiger partial charge in [-0.05, 0) is 50.1 Å². The summed E-state index contributed by atoms with van der Waals surface area (Å²) in [7, 11) is 0. The summed E-state index contributed by atoms with van der Waals surface area (Å²) in [6, 6.07) is 14.4. The normalized spacial score (nSPS) is 14.9. The quantitative estimate of drug-likeness (QED) is 0.347. The molecule has 178 valence electrons. The van der Waals surface area contributed by atoms with Gasteiger partial charge in [0.25, 0.3) is 0 Å². The molecule has 6 rings (SSSR count). The van der Waals surface area contributed by atoms with Gasteiger partial charge in [0.2, 0.25) is 5.43 Å². The highest BCUT2D eigenvalue weighted by atomic mass is 32.1. The third-order valence-electron chi connectivity index (χ3n) is 6.99. The van der Waals surface area contributed by atoms with Crippen molar-refractivity contribution in [2.75, 3.05) is 43.4 Å². The maximum atomic E-state index is 12.9. The zero-order valence-electron chi connectivity index (χ0n) is 19.5. The summed E-state index contributed by atoms with van der Waals surface area (Å²) < 4.78 is 1.01. The highest BCUT2D eigenvalue weighted by molar-refractivity contribution is 7.25. The third-order valence-corrected chi connectivity index (χ3v) is 8.04. The molecule has 1 aromatic carbocycles. The first-order chi connectivity index (χ1) is 17.2. The van der Waals surface area contributed by atoms with E-state index in [1.54, 1.807) is 23.7 Å². The number of unbranched alkanes of at least 4 members (excludes halogenated alkanes) is 1. The summed E-state index contributed by atoms with van der Waals surface area (Å²) in [5.74, 6) is 1.06. The fourth-order valence-electron chi connectivity index (χ4n) is 5.01. The number of aromatic amines is 1. The SMILES string of the molecule is Nc1c(CCCCN2CCN(c3ccc4ccccc4n3)CC2)[nH]c2sc3cnccc3c2c1=O. The molecule has 0 atom stereocenters. The molecule has 3 N–H and O–H groups in total. The van der Waals surface area contributed by atoms with E-state index in [-0.39, 0.29) is 5.43 Å². The van der Waals surface area contributed by atoms with E-state index in [0.717, 1.165) is 83.9 Å². The number of rotatable bonds is 6. The van der Waals surface area contributed by atoms with Crippen LogP contribution in [-0.2, 0) is 6.42 Å². The number of nitrogens with one attached hydrogen (secondary N) is 1. The summed E-state index contributed by atoms with van der Waals surface area (Å²) >= 11 is 1.57. The number of fused-ring (bicyclic) bond motifs is 4. The van der Waals surface area contributed by atoms with Crippen molar-refractivity contribution in [1.82, 2.24) is 19.9 Å². The molecule has 8 heteroatoms. The van der Waals surface area contributed by atoms with Crippen molar-refractivity contribution < 1.29 is 0 Å². The highest BCUT2D eigenvalue weighted by Gasteiger charge is 2.18. The molecule has 1 aliphatic heterocycles. The first kappa shape index (κ1) is 22.0. The number of nitrogens with two attached hydrogens (primary N) is 1. The molecule has 0 saturated carbocycles. The fourth-order valence-corrected chi connectivity index (χ4v) is 6.10. The monoisotopic (exact) mass is 484 g/mol. The van der Waals surface area contributed by atoms with Crippen LogP contribution in [0.4, 0.5) is 11.5 Å². The number of para-hydroxylation sites is 1. The maximum absolute atomic E-state index is 12.9. The van der Waals surface area contributed by atoms with Gasteiger partial charge >= 0.3 is 0 Å². The Morgan fingerprint density at radius 3 is 2.77 bits per heavy atom. The van der Waals surface area contributed by atoms with E-state index >= 15 is 0 Å². The minimum Gasteiger partial charge on any atom is -0.394 e. The Morgan fingerprint density at radius 2 is 1.89 bits per heavy atom. The van der Waals surface area contributed by atoms with Crippen LogP contribution in [0.25, 0.3) is 31.2 Å². The molecule has 5 aromatic rings. The maximum Gasteiger partial charge on any atom is 0.214 e. The minimum absolute atomic E-state index is 0.0652. The predicted octanol–water partition coefficient (Wildman–Crippen LogP) is 4.41. The summed E-state index contributed by atoms with van der Waals surface area (Å²) in [5, 5.41) is 2.80. The van der Waals surface area contributed by atoms with Crippen LogP contribution in [0.3, 0.4) is 0 Å². The van der Waals surface area contributed by atoms with E-state index in [0.29, 0.717) is 11.1 Å². The zero-order valence-corrected chi connectivity index (χ0v) is 20.4. The predicted molar refractivity (Wildman–Crippen MR) is 145 cm³/mol. The van der Waals surface area contributed by atoms with Crippen molar-refractivity contribution >= 4 is 54.0 Å². The molecule has 35 heavy (non-hydrogen) atoms. The molecule has 0 bridgehead atoms. The topological polar surface area (TPSA) is 91.1 Å². The first-order valence-corrected chi connectivity index (χ1v) is 13.0. The van der Waals surface area contributed by atoms with Crippen LogP contribution < -0.4 is 16.1 Å². The number of aromatic nitrogens is 3. The van der Waals surface area contributed by atoms with Crippen LogP contribution in [0.1, 0.15) is 18.5 Å². The number of piperazine rings is 1. The summed E-state index contributed by atoms with van der Waals surface area (Å²) in [4.78, 5) is 31.2. The molecule has 1 fully saturated rings. The van der Waals surface area contributed by atoms with E-state index in [2.05, 4.69) is 50.1 Å². The Labute approximate surface area is 207 Å². The van der Waals surface area contributed by atoms with Gasteiger partial charge in [-0.1, -0.05) is 18.2 Å². The Bertz CT molecular complexity index is 1570. The Morgan fingerprint density at radius 1 is 1.03 bits per heavy atom. The number of nitrogen functional groups attached to an aromatic ring is 1. The molecule has 5 heterocycles. The number of thiophene rings is 1. The van der Waals surface area contributed by atoms with Crippen molar-refractivity contribution in [1.29, 1.82) is 0 Å². The average Bonchev–Trinajstić information content (AvgIpc) is 3.28. The molecule has 0 aliphatic carbocycles. The first-order valence-electron chi connectivity index (χ1n) is 12.2. The van der Waals surface area contributed by atoms with Crippen molar-refractivity contribution in [3.63, 3.8) is 0 Å². The van der Waals surface area contributed by atoms with Crippen molar-refractivity contribution in [3.05, 3.63) is 70.8 Å². The smallest absolute Gasteiger partial charge is 0.214 e. The lowest BCUT2D eigenvalue weighted by Gasteiger charge is -2.35. The van der Waals surface area contributed by atoms with E-state index in [1.165, 1.54) is 5.39 Å². The van der Waals surface area contributed by atoms with Crippen LogP contribution in [0.5, 0.6) is 0 Å². The number of hydrogen-bond donors (Lipinski definition) is 2. The number of nitrogens with zero attached hydrogens (tertiary/aromatic N) is 4. The van der Waals surface area contributed by atoms with Gasteiger partial charge in [0, 0.05) is 55.0 Å². The van der Waals surface area contributed by atoms with Crippen LogP contribution in [0.15, 0.2) is 59.7 Å². The highest BCUT2D eigenvalue weighted by Crippen LogP contribution is 2.31. The van der Waals surface area contributed by atoms with Gasteiger partial charge in [0.05, 0.1) is 21.3 Å². The Balaban J connectivity index is 1.04. The van der Waals surface area contributed by atoms with Crippen LogP contribution in [0.2, 0.25) is 0 Å². The Hall–Kier alpha value is -3.49. The van der Waals surface area contributed by atoms with Gasteiger partial charge in [-0.2, -0.15) is 0 Å². The number of aryl methyl sites for hydroxylation is 1. The van der Waals surface area contributed by atoms with Gasteiger partial charge < -0.3 is 15.6 Å². The molecule has 4 aromatic heterocycles. The van der Waals surface area contributed by atoms with Gasteiger partial charge in [-0.25, -0.2) is 4.98 Å². The zero-order chi connectivity index (χ0) is 23.8. The summed E-state index contributed by atoms with van der Waals surface area (Å²) in [5.41, 5.74) is 8.45. The molecule has 1 aliphatic rings. The van der Waals surface area contributed by atoms with Gasteiger partial charge in [0.1, 0.15) is 10.6 Å². The van der Waals surface area contributed by atoms with Crippen molar-refractivity contribution in [2.45, 2.75) is 19.3 Å². The molecule has 1 saturated heterocycles. The van der Waals surface area contributed by atoms with Gasteiger partial charge in [-0.3, -0.25) is 14.7 Å². The largest absolute Gasteiger partial charge is 0.394 e. The van der Waals surface area contributed by atoms with E-state index in [1.807, 2.05) is 12.1 Å². The second kappa shape index (κ2) is 9.28. The fraction of sp³-hybridized carbons (Fsp3) is 0.296. The number of anilines is 2. The van der Waals surface area contributed by atoms with E-state index < -0.39 is 0 Å². The van der Waals surface area contributed by atoms with E-state index in [4.69, 9.17) is 10.7 Å². The lowest BCUT2D eigenvalue weighted by atomic mass is 10.1. The molecule has 0 radical (unpaired) electrons. The molecule has 0 amide bonds. The number of H-pyrrole nitrogens is 1. The third kappa shape index (κ3) is 4.24. The van der Waals surface area contributed by atoms with Crippen LogP contribution >= 0.6 is 11.3 Å². The molecular formula is C27H28N6OS. The number of hydrogen-bond acceptors (Lipinski definition) is 7. The van der Waals surface area contributed by atoms with Gasteiger partial charge in [0.15, 0.2) is 0 Å². The van der Waals surface area contributed by atoms with Crippen LogP contribution in [-0.4, -0.2) is 52.6 Å². The Kier molecular flexibility index (Phi) is 5.83.